The predicted molar refractivity (Wildman–Crippen MR) is 105 cm³/mol. The number of anilines is 1. The molecule has 0 fully saturated rings. The lowest BCUT2D eigenvalue weighted by molar-refractivity contribution is -0.115. The van der Waals surface area contributed by atoms with Gasteiger partial charge in [-0.25, -0.2) is 0 Å². The smallest absolute Gasteiger partial charge is 0.248 e. The molecule has 0 aliphatic carbocycles. The number of carbonyl (C=O) groups is 2. The van der Waals surface area contributed by atoms with Gasteiger partial charge >= 0.3 is 0 Å². The lowest BCUT2D eigenvalue weighted by Gasteiger charge is -2.17. The number of carbonyl (C=O) groups excluding carboxylic acids is 2. The summed E-state index contributed by atoms with van der Waals surface area (Å²) < 4.78 is 0. The maximum atomic E-state index is 12.9. The SMILES string of the molecule is NC(=O)c1ccc(NC(=O)[C@@H](Sc2ccccc2)c2ccccc2)cc1. The van der Waals surface area contributed by atoms with Gasteiger partial charge in [-0.2, -0.15) is 0 Å². The fourth-order valence-corrected chi connectivity index (χ4v) is 3.51. The molecule has 2 amide bonds. The first-order chi connectivity index (χ1) is 12.6. The van der Waals surface area contributed by atoms with E-state index in [0.717, 1.165) is 10.5 Å². The second-order valence-electron chi connectivity index (χ2n) is 5.65. The largest absolute Gasteiger partial charge is 0.366 e. The standard InChI is InChI=1S/C21H18N2O2S/c22-20(24)16-11-13-17(14-12-16)23-21(25)19(15-7-3-1-4-8-15)26-18-9-5-2-6-10-18/h1-14,19H,(H2,22,24)(H,23,25)/t19-/m0/s1. The summed E-state index contributed by atoms with van der Waals surface area (Å²) in [5, 5.41) is 2.52. The molecule has 0 aliphatic heterocycles. The van der Waals surface area contributed by atoms with E-state index in [-0.39, 0.29) is 5.91 Å². The Bertz CT molecular complexity index is 881. The van der Waals surface area contributed by atoms with E-state index in [1.165, 1.54) is 11.8 Å². The molecule has 3 N–H and O–H groups in total. The van der Waals surface area contributed by atoms with Crippen LogP contribution in [0, 0.1) is 0 Å². The van der Waals surface area contributed by atoms with Gasteiger partial charge in [0, 0.05) is 16.1 Å². The molecule has 1 atom stereocenters. The second-order valence-corrected chi connectivity index (χ2v) is 6.83. The van der Waals surface area contributed by atoms with Crippen LogP contribution in [0.3, 0.4) is 0 Å². The maximum Gasteiger partial charge on any atom is 0.248 e. The van der Waals surface area contributed by atoms with Crippen LogP contribution in [0.15, 0.2) is 89.8 Å². The summed E-state index contributed by atoms with van der Waals surface area (Å²) in [6, 6.07) is 26.0. The highest BCUT2D eigenvalue weighted by atomic mass is 32.2. The number of amides is 2. The molecule has 0 radical (unpaired) electrons. The molecule has 0 aliphatic rings. The first kappa shape index (κ1) is 17.8. The van der Waals surface area contributed by atoms with E-state index < -0.39 is 11.2 Å². The molecular formula is C21H18N2O2S. The van der Waals surface area contributed by atoms with Gasteiger partial charge in [0.05, 0.1) is 0 Å². The van der Waals surface area contributed by atoms with E-state index in [9.17, 15) is 9.59 Å². The summed E-state index contributed by atoms with van der Waals surface area (Å²) in [5.41, 5.74) is 7.19. The minimum absolute atomic E-state index is 0.128. The van der Waals surface area contributed by atoms with E-state index >= 15 is 0 Å². The van der Waals surface area contributed by atoms with Crippen LogP contribution in [0.1, 0.15) is 21.2 Å². The molecule has 26 heavy (non-hydrogen) atoms. The Morgan fingerprint density at radius 1 is 0.808 bits per heavy atom. The van der Waals surface area contributed by atoms with Crippen molar-refractivity contribution in [1.29, 1.82) is 0 Å². The van der Waals surface area contributed by atoms with E-state index in [2.05, 4.69) is 5.32 Å². The molecule has 0 aromatic heterocycles. The molecule has 5 heteroatoms. The van der Waals surface area contributed by atoms with E-state index in [1.807, 2.05) is 60.7 Å². The Kier molecular flexibility index (Phi) is 5.71. The summed E-state index contributed by atoms with van der Waals surface area (Å²) in [5.74, 6) is -0.624. The third-order valence-corrected chi connectivity index (χ3v) is 5.04. The molecule has 0 saturated heterocycles. The summed E-state index contributed by atoms with van der Waals surface area (Å²) in [4.78, 5) is 25.1. The highest BCUT2D eigenvalue weighted by Crippen LogP contribution is 2.36. The highest BCUT2D eigenvalue weighted by molar-refractivity contribution is 8.00. The van der Waals surface area contributed by atoms with Crippen molar-refractivity contribution in [3.8, 4) is 0 Å². The first-order valence-electron chi connectivity index (χ1n) is 8.11. The number of rotatable bonds is 6. The van der Waals surface area contributed by atoms with Gasteiger partial charge < -0.3 is 11.1 Å². The Morgan fingerprint density at radius 3 is 1.96 bits per heavy atom. The number of hydrogen-bond donors (Lipinski definition) is 2. The highest BCUT2D eigenvalue weighted by Gasteiger charge is 2.22. The van der Waals surface area contributed by atoms with Crippen LogP contribution in [-0.4, -0.2) is 11.8 Å². The summed E-state index contributed by atoms with van der Waals surface area (Å²) in [6.45, 7) is 0. The topological polar surface area (TPSA) is 72.2 Å². The first-order valence-corrected chi connectivity index (χ1v) is 8.99. The van der Waals surface area contributed by atoms with Crippen LogP contribution >= 0.6 is 11.8 Å². The van der Waals surface area contributed by atoms with E-state index in [4.69, 9.17) is 5.73 Å². The van der Waals surface area contributed by atoms with Crippen molar-refractivity contribution >= 4 is 29.3 Å². The van der Waals surface area contributed by atoms with Gasteiger partial charge in [-0.05, 0) is 42.0 Å². The van der Waals surface area contributed by atoms with E-state index in [0.29, 0.717) is 11.3 Å². The lowest BCUT2D eigenvalue weighted by atomic mass is 10.1. The van der Waals surface area contributed by atoms with Gasteiger partial charge in [0.15, 0.2) is 0 Å². The molecule has 3 aromatic rings. The molecular weight excluding hydrogens is 344 g/mol. The zero-order chi connectivity index (χ0) is 18.4. The van der Waals surface area contributed by atoms with Crippen molar-refractivity contribution in [1.82, 2.24) is 0 Å². The van der Waals surface area contributed by atoms with Gasteiger partial charge in [-0.15, -0.1) is 11.8 Å². The molecule has 0 heterocycles. The number of benzene rings is 3. The third kappa shape index (κ3) is 4.52. The van der Waals surface area contributed by atoms with Crippen molar-refractivity contribution in [2.75, 3.05) is 5.32 Å². The Morgan fingerprint density at radius 2 is 1.38 bits per heavy atom. The van der Waals surface area contributed by atoms with Gasteiger partial charge in [-0.3, -0.25) is 9.59 Å². The Hall–Kier alpha value is -3.05. The van der Waals surface area contributed by atoms with Gasteiger partial charge in [0.1, 0.15) is 5.25 Å². The zero-order valence-electron chi connectivity index (χ0n) is 14.0. The number of hydrogen-bond acceptors (Lipinski definition) is 3. The summed E-state index contributed by atoms with van der Waals surface area (Å²) >= 11 is 1.49. The van der Waals surface area contributed by atoms with Gasteiger partial charge in [0.25, 0.3) is 0 Å². The van der Waals surface area contributed by atoms with Crippen LogP contribution in [-0.2, 0) is 4.79 Å². The number of nitrogens with one attached hydrogen (secondary N) is 1. The van der Waals surface area contributed by atoms with Crippen LogP contribution in [0.5, 0.6) is 0 Å². The molecule has 0 spiro atoms. The average Bonchev–Trinajstić information content (AvgIpc) is 2.68. The van der Waals surface area contributed by atoms with Crippen LogP contribution in [0.4, 0.5) is 5.69 Å². The molecule has 0 unspecified atom stereocenters. The fraction of sp³-hybridized carbons (Fsp3) is 0.0476. The monoisotopic (exact) mass is 362 g/mol. The number of nitrogens with two attached hydrogens (primary N) is 1. The lowest BCUT2D eigenvalue weighted by Crippen LogP contribution is -2.19. The normalized spacial score (nSPS) is 11.5. The fourth-order valence-electron chi connectivity index (χ4n) is 2.46. The summed E-state index contributed by atoms with van der Waals surface area (Å²) in [6.07, 6.45) is 0. The molecule has 0 bridgehead atoms. The molecule has 0 saturated carbocycles. The van der Waals surface area contributed by atoms with Gasteiger partial charge in [-0.1, -0.05) is 48.5 Å². The Balaban J connectivity index is 1.81. The molecule has 130 valence electrons. The van der Waals surface area contributed by atoms with Crippen molar-refractivity contribution in [3.05, 3.63) is 96.1 Å². The number of primary amides is 1. The Labute approximate surface area is 156 Å². The average molecular weight is 362 g/mol. The van der Waals surface area contributed by atoms with Crippen molar-refractivity contribution in [2.24, 2.45) is 5.73 Å². The minimum atomic E-state index is -0.496. The van der Waals surface area contributed by atoms with Gasteiger partial charge in [0.2, 0.25) is 11.8 Å². The maximum absolute atomic E-state index is 12.9. The molecule has 4 nitrogen and oxygen atoms in total. The van der Waals surface area contributed by atoms with E-state index in [1.54, 1.807) is 24.3 Å². The van der Waals surface area contributed by atoms with Crippen LogP contribution in [0.25, 0.3) is 0 Å². The zero-order valence-corrected chi connectivity index (χ0v) is 14.8. The van der Waals surface area contributed by atoms with Crippen LogP contribution < -0.4 is 11.1 Å². The van der Waals surface area contributed by atoms with Crippen LogP contribution in [0.2, 0.25) is 0 Å². The second kappa shape index (κ2) is 8.36. The molecule has 3 aromatic carbocycles. The number of thioether (sulfide) groups is 1. The minimum Gasteiger partial charge on any atom is -0.366 e. The molecule has 3 rings (SSSR count). The quantitative estimate of drug-likeness (QED) is 0.644. The van der Waals surface area contributed by atoms with Crippen molar-refractivity contribution in [3.63, 3.8) is 0 Å². The third-order valence-electron chi connectivity index (χ3n) is 3.77. The predicted octanol–water partition coefficient (Wildman–Crippen LogP) is 4.26. The van der Waals surface area contributed by atoms with Crippen molar-refractivity contribution < 1.29 is 9.59 Å². The van der Waals surface area contributed by atoms with Crippen molar-refractivity contribution in [2.45, 2.75) is 10.1 Å². The summed E-state index contributed by atoms with van der Waals surface area (Å²) in [7, 11) is 0.